The van der Waals surface area contributed by atoms with E-state index in [1.807, 2.05) is 18.2 Å². The Morgan fingerprint density at radius 1 is 0.875 bits per heavy atom. The lowest BCUT2D eigenvalue weighted by molar-refractivity contribution is 0.117. The Bertz CT molecular complexity index is 630. The van der Waals surface area contributed by atoms with Crippen LogP contribution >= 0.6 is 0 Å². The number of hydrogen-bond acceptors (Lipinski definition) is 3. The van der Waals surface area contributed by atoms with E-state index < -0.39 is 0 Å². The van der Waals surface area contributed by atoms with E-state index in [-0.39, 0.29) is 5.92 Å². The van der Waals surface area contributed by atoms with Crippen molar-refractivity contribution in [2.24, 2.45) is 0 Å². The molecule has 0 amide bonds. The Morgan fingerprint density at radius 3 is 2.08 bits per heavy atom. The molecule has 24 heavy (non-hydrogen) atoms. The number of aryl methyl sites for hydroxylation is 1. The highest BCUT2D eigenvalue weighted by molar-refractivity contribution is 5.43. The van der Waals surface area contributed by atoms with E-state index in [0.717, 1.165) is 18.4 Å². The first kappa shape index (κ1) is 18.5. The zero-order chi connectivity index (χ0) is 17.7. The molecule has 0 aliphatic heterocycles. The smallest absolute Gasteiger partial charge is 0.119 e. The summed E-state index contributed by atoms with van der Waals surface area (Å²) in [5.41, 5.74) is 3.47. The first-order valence-corrected chi connectivity index (χ1v) is 8.57. The van der Waals surface area contributed by atoms with Gasteiger partial charge in [-0.25, -0.2) is 0 Å². The average Bonchev–Trinajstić information content (AvgIpc) is 2.54. The minimum absolute atomic E-state index is 0.202. The van der Waals surface area contributed by atoms with Crippen LogP contribution in [0.3, 0.4) is 0 Å². The van der Waals surface area contributed by atoms with Crippen LogP contribution < -0.4 is 0 Å². The normalized spacial score (nSPS) is 13.0. The van der Waals surface area contributed by atoms with Crippen LogP contribution in [-0.2, 0) is 0 Å². The quantitative estimate of drug-likeness (QED) is 0.777. The van der Waals surface area contributed by atoms with Gasteiger partial charge in [0.2, 0.25) is 0 Å². The fraction of sp³-hybridized carbons (Fsp3) is 0.429. The summed E-state index contributed by atoms with van der Waals surface area (Å²) in [7, 11) is 8.47. The molecule has 2 aromatic carbocycles. The monoisotopic (exact) mass is 326 g/mol. The molecule has 130 valence electrons. The predicted molar refractivity (Wildman–Crippen MR) is 102 cm³/mol. The maximum absolute atomic E-state index is 10.4. The second kappa shape index (κ2) is 8.32. The van der Waals surface area contributed by atoms with Gasteiger partial charge in [0.1, 0.15) is 5.75 Å². The third kappa shape index (κ3) is 4.59. The Kier molecular flexibility index (Phi) is 6.41. The largest absolute Gasteiger partial charge is 0.508 e. The van der Waals surface area contributed by atoms with E-state index in [1.165, 1.54) is 11.1 Å². The zero-order valence-electron chi connectivity index (χ0n) is 15.5. The molecule has 0 aliphatic rings. The molecule has 3 heteroatoms. The van der Waals surface area contributed by atoms with Gasteiger partial charge in [0.25, 0.3) is 0 Å². The summed E-state index contributed by atoms with van der Waals surface area (Å²) in [6.45, 7) is 2.08. The highest BCUT2D eigenvalue weighted by Crippen LogP contribution is 2.36. The number of rotatable bonds is 7. The van der Waals surface area contributed by atoms with Crippen molar-refractivity contribution in [1.29, 1.82) is 0 Å². The maximum Gasteiger partial charge on any atom is 0.119 e. The maximum atomic E-state index is 10.4. The highest BCUT2D eigenvalue weighted by atomic mass is 16.3. The number of hydrogen-bond donors (Lipinski definition) is 1. The molecular weight excluding hydrogens is 296 g/mol. The van der Waals surface area contributed by atoms with Crippen LogP contribution in [0.25, 0.3) is 0 Å². The summed E-state index contributed by atoms with van der Waals surface area (Å²) in [6.07, 6.45) is 2.40. The van der Waals surface area contributed by atoms with Crippen molar-refractivity contribution in [3.05, 3.63) is 65.2 Å². The van der Waals surface area contributed by atoms with Crippen molar-refractivity contribution in [2.75, 3.05) is 28.2 Å². The number of benzene rings is 2. The molecule has 0 saturated heterocycles. The Hall–Kier alpha value is -1.84. The van der Waals surface area contributed by atoms with Crippen LogP contribution in [0.15, 0.2) is 48.5 Å². The second-order valence-corrected chi connectivity index (χ2v) is 7.01. The van der Waals surface area contributed by atoms with Gasteiger partial charge in [-0.15, -0.1) is 0 Å². The summed E-state index contributed by atoms with van der Waals surface area (Å²) in [5, 5.41) is 10.4. The first-order valence-electron chi connectivity index (χ1n) is 8.57. The molecule has 0 radical (unpaired) electrons. The van der Waals surface area contributed by atoms with Crippen LogP contribution in [-0.4, -0.2) is 49.3 Å². The fourth-order valence-corrected chi connectivity index (χ4v) is 3.43. The van der Waals surface area contributed by atoms with Gasteiger partial charge in [0.05, 0.1) is 6.17 Å². The first-order chi connectivity index (χ1) is 11.4. The lowest BCUT2D eigenvalue weighted by atomic mass is 9.85. The van der Waals surface area contributed by atoms with Gasteiger partial charge < -0.3 is 5.11 Å². The predicted octanol–water partition coefficient (Wildman–Crippen LogP) is 4.06. The molecule has 3 nitrogen and oxygen atoms in total. The van der Waals surface area contributed by atoms with Gasteiger partial charge in [0, 0.05) is 11.5 Å². The van der Waals surface area contributed by atoms with Crippen LogP contribution in [0.1, 0.15) is 35.4 Å². The molecule has 1 unspecified atom stereocenters. The lowest BCUT2D eigenvalue weighted by Crippen LogP contribution is -2.40. The molecule has 0 saturated carbocycles. The van der Waals surface area contributed by atoms with Crippen molar-refractivity contribution in [1.82, 2.24) is 9.80 Å². The Labute approximate surface area is 146 Å². The van der Waals surface area contributed by atoms with Crippen LogP contribution in [0.2, 0.25) is 0 Å². The third-order valence-electron chi connectivity index (χ3n) is 4.67. The Morgan fingerprint density at radius 2 is 1.50 bits per heavy atom. The lowest BCUT2D eigenvalue weighted by Gasteiger charge is -2.32. The van der Waals surface area contributed by atoms with E-state index in [9.17, 15) is 5.11 Å². The standard InChI is InChI=1S/C21H30N2O/c1-16-11-13-20(24)19(15-16)18(17-9-7-6-8-10-17)12-14-21(22(2)3)23(4)5/h6-11,13,15,18,21,24H,12,14H2,1-5H3. The number of nitrogens with zero attached hydrogens (tertiary/aromatic N) is 2. The molecule has 0 aliphatic carbocycles. The van der Waals surface area contributed by atoms with Crippen LogP contribution in [0.4, 0.5) is 0 Å². The van der Waals surface area contributed by atoms with E-state index in [4.69, 9.17) is 0 Å². The molecular formula is C21H30N2O. The molecule has 0 aromatic heterocycles. The highest BCUT2D eigenvalue weighted by Gasteiger charge is 2.21. The minimum atomic E-state index is 0.202. The van der Waals surface area contributed by atoms with Gasteiger partial charge in [-0.2, -0.15) is 0 Å². The molecule has 2 aromatic rings. The molecule has 0 spiro atoms. The van der Waals surface area contributed by atoms with Crippen molar-refractivity contribution in [3.8, 4) is 5.75 Å². The van der Waals surface area contributed by atoms with Crippen LogP contribution in [0.5, 0.6) is 5.75 Å². The summed E-state index contributed by atoms with van der Waals surface area (Å²) >= 11 is 0. The fourth-order valence-electron chi connectivity index (χ4n) is 3.43. The van der Waals surface area contributed by atoms with E-state index in [2.05, 4.69) is 75.2 Å². The molecule has 2 rings (SSSR count). The van der Waals surface area contributed by atoms with Gasteiger partial charge in [0.15, 0.2) is 0 Å². The minimum Gasteiger partial charge on any atom is -0.508 e. The Balaban J connectivity index is 2.32. The molecule has 1 N–H and O–H groups in total. The molecule has 0 heterocycles. The number of phenols is 1. The van der Waals surface area contributed by atoms with Crippen LogP contribution in [0, 0.1) is 6.92 Å². The van der Waals surface area contributed by atoms with E-state index in [0.29, 0.717) is 11.9 Å². The van der Waals surface area contributed by atoms with Crippen molar-refractivity contribution >= 4 is 0 Å². The number of aromatic hydroxyl groups is 1. The van der Waals surface area contributed by atoms with E-state index in [1.54, 1.807) is 0 Å². The van der Waals surface area contributed by atoms with Gasteiger partial charge in [-0.1, -0.05) is 48.0 Å². The number of phenolic OH excluding ortho intramolecular Hbond substituents is 1. The summed E-state index contributed by atoms with van der Waals surface area (Å²) in [6, 6.07) is 16.4. The second-order valence-electron chi connectivity index (χ2n) is 7.01. The van der Waals surface area contributed by atoms with Gasteiger partial charge >= 0.3 is 0 Å². The summed E-state index contributed by atoms with van der Waals surface area (Å²) < 4.78 is 0. The molecule has 0 fully saturated rings. The van der Waals surface area contributed by atoms with Gasteiger partial charge in [-0.3, -0.25) is 9.80 Å². The SMILES string of the molecule is Cc1ccc(O)c(C(CCC(N(C)C)N(C)C)c2ccccc2)c1. The van der Waals surface area contributed by atoms with Gasteiger partial charge in [-0.05, 0) is 59.6 Å². The zero-order valence-corrected chi connectivity index (χ0v) is 15.5. The average molecular weight is 326 g/mol. The molecule has 0 bridgehead atoms. The summed E-state index contributed by atoms with van der Waals surface area (Å²) in [4.78, 5) is 4.50. The van der Waals surface area contributed by atoms with Crippen molar-refractivity contribution in [3.63, 3.8) is 0 Å². The molecule has 1 atom stereocenters. The van der Waals surface area contributed by atoms with E-state index >= 15 is 0 Å². The summed E-state index contributed by atoms with van der Waals surface area (Å²) in [5.74, 6) is 0.592. The topological polar surface area (TPSA) is 26.7 Å². The third-order valence-corrected chi connectivity index (χ3v) is 4.67. The van der Waals surface area contributed by atoms with Crippen molar-refractivity contribution in [2.45, 2.75) is 31.8 Å². The van der Waals surface area contributed by atoms with Crippen molar-refractivity contribution < 1.29 is 5.11 Å².